The lowest BCUT2D eigenvalue weighted by molar-refractivity contribution is -0.141. The van der Waals surface area contributed by atoms with E-state index in [9.17, 15) is 13.2 Å². The van der Waals surface area contributed by atoms with E-state index in [0.29, 0.717) is 19.0 Å². The molecule has 0 bridgehead atoms. The molecular weight excluding hydrogens is 266 g/mol. The summed E-state index contributed by atoms with van der Waals surface area (Å²) in [6.45, 7) is 4.77. The number of nitrogens with one attached hydrogen (secondary N) is 1. The van der Waals surface area contributed by atoms with Gasteiger partial charge in [0.1, 0.15) is 0 Å². The van der Waals surface area contributed by atoms with E-state index in [1.807, 2.05) is 13.8 Å². The van der Waals surface area contributed by atoms with E-state index in [4.69, 9.17) is 0 Å². The van der Waals surface area contributed by atoms with Crippen LogP contribution in [-0.2, 0) is 19.4 Å². The summed E-state index contributed by atoms with van der Waals surface area (Å²) in [5, 5.41) is 3.20. The molecule has 0 atom stereocenters. The quantitative estimate of drug-likeness (QED) is 0.509. The van der Waals surface area contributed by atoms with E-state index < -0.39 is 9.84 Å². The van der Waals surface area contributed by atoms with E-state index in [1.54, 1.807) is 0 Å². The predicted octanol–water partition coefficient (Wildman–Crippen LogP) is 1.13. The van der Waals surface area contributed by atoms with E-state index >= 15 is 0 Å². The van der Waals surface area contributed by atoms with Gasteiger partial charge in [-0.2, -0.15) is 0 Å². The monoisotopic (exact) mass is 291 g/mol. The number of hydrogen-bond acceptors (Lipinski definition) is 5. The molecule has 1 fully saturated rings. The van der Waals surface area contributed by atoms with Crippen LogP contribution in [0.15, 0.2) is 0 Å². The van der Waals surface area contributed by atoms with Gasteiger partial charge in [0.25, 0.3) is 0 Å². The van der Waals surface area contributed by atoms with Crippen LogP contribution in [-0.4, -0.2) is 45.6 Å². The molecule has 0 aliphatic heterocycles. The highest BCUT2D eigenvalue weighted by Crippen LogP contribution is 2.50. The van der Waals surface area contributed by atoms with E-state index in [-0.39, 0.29) is 29.3 Å². The first-order chi connectivity index (χ1) is 8.79. The second-order valence-corrected chi connectivity index (χ2v) is 7.99. The first-order valence-electron chi connectivity index (χ1n) is 6.79. The van der Waals surface area contributed by atoms with Crippen molar-refractivity contribution in [1.82, 2.24) is 5.32 Å². The Kier molecular flexibility index (Phi) is 5.80. The van der Waals surface area contributed by atoms with Crippen LogP contribution in [0.4, 0.5) is 0 Å². The predicted molar refractivity (Wildman–Crippen MR) is 74.7 cm³/mol. The van der Waals surface area contributed by atoms with Gasteiger partial charge in [0.15, 0.2) is 9.84 Å². The summed E-state index contributed by atoms with van der Waals surface area (Å²) in [6, 6.07) is 0.372. The number of rotatable bonds is 9. The fourth-order valence-electron chi connectivity index (χ4n) is 2.15. The fraction of sp³-hybridized carbons (Fsp3) is 0.923. The lowest BCUT2D eigenvalue weighted by atomic mass is 10.1. The van der Waals surface area contributed by atoms with Gasteiger partial charge in [-0.1, -0.05) is 13.8 Å². The molecule has 1 aliphatic rings. The van der Waals surface area contributed by atoms with Crippen molar-refractivity contribution in [2.24, 2.45) is 5.41 Å². The molecule has 0 aromatic heterocycles. The third kappa shape index (κ3) is 6.38. The third-order valence-electron chi connectivity index (χ3n) is 3.41. The molecule has 112 valence electrons. The van der Waals surface area contributed by atoms with Crippen LogP contribution in [0, 0.1) is 5.41 Å². The van der Waals surface area contributed by atoms with Gasteiger partial charge in [-0.15, -0.1) is 0 Å². The first-order valence-corrected chi connectivity index (χ1v) is 8.61. The zero-order chi connectivity index (χ0) is 14.5. The molecule has 0 amide bonds. The minimum absolute atomic E-state index is 0.122. The van der Waals surface area contributed by atoms with E-state index in [1.165, 1.54) is 7.11 Å². The van der Waals surface area contributed by atoms with Gasteiger partial charge in [0.2, 0.25) is 0 Å². The first kappa shape index (κ1) is 16.4. The highest BCUT2D eigenvalue weighted by molar-refractivity contribution is 7.91. The second kappa shape index (κ2) is 6.70. The molecule has 1 saturated carbocycles. The number of ether oxygens (including phenoxy) is 1. The van der Waals surface area contributed by atoms with Gasteiger partial charge >= 0.3 is 5.97 Å². The summed E-state index contributed by atoms with van der Waals surface area (Å²) in [6.07, 6.45) is 2.47. The van der Waals surface area contributed by atoms with Crippen molar-refractivity contribution in [3.63, 3.8) is 0 Å². The number of sulfone groups is 1. The van der Waals surface area contributed by atoms with Crippen molar-refractivity contribution in [2.45, 2.75) is 45.6 Å². The van der Waals surface area contributed by atoms with Crippen LogP contribution in [0.25, 0.3) is 0 Å². The number of esters is 1. The van der Waals surface area contributed by atoms with Crippen LogP contribution >= 0.6 is 0 Å². The van der Waals surface area contributed by atoms with Gasteiger partial charge in [0.05, 0.1) is 25.0 Å². The van der Waals surface area contributed by atoms with Crippen molar-refractivity contribution < 1.29 is 17.9 Å². The van der Waals surface area contributed by atoms with Crippen LogP contribution in [0.2, 0.25) is 0 Å². The molecule has 0 aromatic rings. The highest BCUT2D eigenvalue weighted by Gasteiger charge is 2.47. The van der Waals surface area contributed by atoms with Crippen molar-refractivity contribution in [3.8, 4) is 0 Å². The van der Waals surface area contributed by atoms with Gasteiger partial charge in [0, 0.05) is 6.04 Å². The summed E-state index contributed by atoms with van der Waals surface area (Å²) < 4.78 is 28.7. The van der Waals surface area contributed by atoms with Crippen LogP contribution in [0.3, 0.4) is 0 Å². The van der Waals surface area contributed by atoms with Crippen molar-refractivity contribution in [1.29, 1.82) is 0 Å². The second-order valence-electron chi connectivity index (χ2n) is 5.81. The van der Waals surface area contributed by atoms with Crippen LogP contribution in [0.5, 0.6) is 0 Å². The Balaban J connectivity index is 2.36. The molecule has 0 spiro atoms. The third-order valence-corrected chi connectivity index (χ3v) is 5.38. The standard InChI is InChI=1S/C13H25NO4S/c1-11(2)14-7-4-8-19(16,17)10-13(5-6-13)9-12(15)18-3/h11,14H,4-10H2,1-3H3. The molecule has 5 nitrogen and oxygen atoms in total. The zero-order valence-corrected chi connectivity index (χ0v) is 12.9. The lowest BCUT2D eigenvalue weighted by Gasteiger charge is -2.14. The molecule has 1 aliphatic carbocycles. The maximum Gasteiger partial charge on any atom is 0.306 e. The highest BCUT2D eigenvalue weighted by atomic mass is 32.2. The summed E-state index contributed by atoms with van der Waals surface area (Å²) in [5.41, 5.74) is -0.336. The zero-order valence-electron chi connectivity index (χ0n) is 12.1. The Morgan fingerprint density at radius 1 is 1.37 bits per heavy atom. The van der Waals surface area contributed by atoms with Crippen LogP contribution < -0.4 is 5.32 Å². The molecule has 1 N–H and O–H groups in total. The number of methoxy groups -OCH3 is 1. The number of carbonyl (C=O) groups is 1. The Labute approximate surface area is 116 Å². The SMILES string of the molecule is COC(=O)CC1(CS(=O)(=O)CCCNC(C)C)CC1. The lowest BCUT2D eigenvalue weighted by Crippen LogP contribution is -2.27. The smallest absolute Gasteiger partial charge is 0.306 e. The van der Waals surface area contributed by atoms with Gasteiger partial charge < -0.3 is 10.1 Å². The topological polar surface area (TPSA) is 72.5 Å². The maximum absolute atomic E-state index is 12.0. The van der Waals surface area contributed by atoms with Crippen LogP contribution in [0.1, 0.15) is 39.5 Å². The van der Waals surface area contributed by atoms with Gasteiger partial charge in [-0.3, -0.25) is 4.79 Å². The number of hydrogen-bond donors (Lipinski definition) is 1. The average molecular weight is 291 g/mol. The summed E-state index contributed by atoms with van der Waals surface area (Å²) in [4.78, 5) is 11.3. The molecule has 1 rings (SSSR count). The molecule has 6 heteroatoms. The summed E-state index contributed by atoms with van der Waals surface area (Å²) in [7, 11) is -1.74. The fourth-order valence-corrected chi connectivity index (χ4v) is 4.20. The Hall–Kier alpha value is -0.620. The molecule has 0 heterocycles. The molecular formula is C13H25NO4S. The average Bonchev–Trinajstić information content (AvgIpc) is 3.02. The van der Waals surface area contributed by atoms with Crippen molar-refractivity contribution >= 4 is 15.8 Å². The Bertz CT molecular complexity index is 399. The van der Waals surface area contributed by atoms with Crippen molar-refractivity contribution in [2.75, 3.05) is 25.2 Å². The molecule has 19 heavy (non-hydrogen) atoms. The van der Waals surface area contributed by atoms with Crippen molar-refractivity contribution in [3.05, 3.63) is 0 Å². The summed E-state index contributed by atoms with van der Waals surface area (Å²) in [5.74, 6) is 0.000976. The summed E-state index contributed by atoms with van der Waals surface area (Å²) >= 11 is 0. The maximum atomic E-state index is 12.0. The molecule has 0 aromatic carbocycles. The largest absolute Gasteiger partial charge is 0.469 e. The Morgan fingerprint density at radius 3 is 2.47 bits per heavy atom. The normalized spacial score (nSPS) is 17.5. The van der Waals surface area contributed by atoms with E-state index in [0.717, 1.165) is 12.8 Å². The minimum Gasteiger partial charge on any atom is -0.469 e. The van der Waals surface area contributed by atoms with E-state index in [2.05, 4.69) is 10.1 Å². The van der Waals surface area contributed by atoms with Gasteiger partial charge in [-0.05, 0) is 31.2 Å². The molecule has 0 unspecified atom stereocenters. The number of carbonyl (C=O) groups excluding carboxylic acids is 1. The van der Waals surface area contributed by atoms with Gasteiger partial charge in [-0.25, -0.2) is 8.42 Å². The molecule has 0 saturated heterocycles. The Morgan fingerprint density at radius 2 is 2.00 bits per heavy atom. The molecule has 0 radical (unpaired) electrons. The minimum atomic E-state index is -3.08.